The van der Waals surface area contributed by atoms with Crippen molar-refractivity contribution >= 4 is 11.9 Å². The maximum atomic E-state index is 12.1. The summed E-state index contributed by atoms with van der Waals surface area (Å²) in [6.45, 7) is 0. The van der Waals surface area contributed by atoms with Crippen molar-refractivity contribution in [1.82, 2.24) is 9.13 Å². The second-order valence-corrected chi connectivity index (χ2v) is 4.76. The highest BCUT2D eigenvalue weighted by Crippen LogP contribution is 2.19. The Morgan fingerprint density at radius 3 is 1.68 bits per heavy atom. The first kappa shape index (κ1) is 13.7. The Morgan fingerprint density at radius 1 is 0.818 bits per heavy atom. The molecule has 0 saturated carbocycles. The van der Waals surface area contributed by atoms with Crippen LogP contribution in [0.1, 0.15) is 10.4 Å². The van der Waals surface area contributed by atoms with Crippen molar-refractivity contribution in [2.75, 3.05) is 0 Å². The Kier molecular flexibility index (Phi) is 3.49. The number of carbonyl (C=O) groups excluding carboxylic acids is 1. The van der Waals surface area contributed by atoms with Crippen LogP contribution in [0.15, 0.2) is 72.2 Å². The molecule has 0 radical (unpaired) electrons. The molecular weight excluding hydrogens is 278 g/mol. The average molecular weight is 293 g/mol. The molecule has 0 aliphatic rings. The van der Waals surface area contributed by atoms with Crippen LogP contribution in [0.25, 0.3) is 11.4 Å². The average Bonchev–Trinajstić information content (AvgIpc) is 3.19. The van der Waals surface area contributed by atoms with Crippen molar-refractivity contribution in [1.29, 1.82) is 0 Å². The SMILES string of the molecule is NC(N)=NC(=O)c1cc(-n2cccc2)cc(-n2cccc2)c1. The molecule has 2 aromatic heterocycles. The van der Waals surface area contributed by atoms with Gasteiger partial charge in [0.2, 0.25) is 0 Å². The van der Waals surface area contributed by atoms with Crippen LogP contribution >= 0.6 is 0 Å². The third-order valence-electron chi connectivity index (χ3n) is 3.19. The van der Waals surface area contributed by atoms with Gasteiger partial charge in [0.1, 0.15) is 0 Å². The van der Waals surface area contributed by atoms with Crippen LogP contribution in [0.5, 0.6) is 0 Å². The lowest BCUT2D eigenvalue weighted by Crippen LogP contribution is -2.24. The van der Waals surface area contributed by atoms with Crippen molar-refractivity contribution < 1.29 is 4.79 Å². The van der Waals surface area contributed by atoms with Gasteiger partial charge in [-0.25, -0.2) is 0 Å². The molecule has 4 N–H and O–H groups in total. The quantitative estimate of drug-likeness (QED) is 0.568. The summed E-state index contributed by atoms with van der Waals surface area (Å²) in [6, 6.07) is 13.1. The van der Waals surface area contributed by atoms with Crippen molar-refractivity contribution in [3.8, 4) is 11.4 Å². The minimum Gasteiger partial charge on any atom is -0.370 e. The summed E-state index contributed by atoms with van der Waals surface area (Å²) in [5.41, 5.74) is 12.7. The van der Waals surface area contributed by atoms with Gasteiger partial charge in [-0.3, -0.25) is 4.79 Å². The molecule has 3 aromatic rings. The van der Waals surface area contributed by atoms with E-state index in [1.54, 1.807) is 12.1 Å². The van der Waals surface area contributed by atoms with Gasteiger partial charge in [0, 0.05) is 41.7 Å². The number of aliphatic imine (C=N–C) groups is 1. The summed E-state index contributed by atoms with van der Waals surface area (Å²) in [5, 5.41) is 0. The molecule has 0 spiro atoms. The highest BCUT2D eigenvalue weighted by molar-refractivity contribution is 6.02. The van der Waals surface area contributed by atoms with Crippen LogP contribution < -0.4 is 11.5 Å². The summed E-state index contributed by atoms with van der Waals surface area (Å²) in [6.07, 6.45) is 7.63. The van der Waals surface area contributed by atoms with Gasteiger partial charge >= 0.3 is 0 Å². The molecule has 0 unspecified atom stereocenters. The molecule has 1 amide bonds. The zero-order chi connectivity index (χ0) is 15.5. The van der Waals surface area contributed by atoms with Gasteiger partial charge in [-0.05, 0) is 42.5 Å². The Hall–Kier alpha value is -3.28. The summed E-state index contributed by atoms with van der Waals surface area (Å²) in [5.74, 6) is -0.721. The van der Waals surface area contributed by atoms with E-state index in [0.29, 0.717) is 5.56 Å². The molecule has 0 fully saturated rings. The molecule has 6 nitrogen and oxygen atoms in total. The van der Waals surface area contributed by atoms with Crippen molar-refractivity contribution in [2.24, 2.45) is 16.5 Å². The van der Waals surface area contributed by atoms with Crippen LogP contribution in [-0.4, -0.2) is 21.0 Å². The van der Waals surface area contributed by atoms with Crippen LogP contribution in [0.4, 0.5) is 0 Å². The lowest BCUT2D eigenvalue weighted by molar-refractivity contribution is 0.100. The van der Waals surface area contributed by atoms with E-state index in [9.17, 15) is 4.79 Å². The normalized spacial score (nSPS) is 10.4. The topological polar surface area (TPSA) is 91.3 Å². The molecular formula is C16H15N5O. The van der Waals surface area contributed by atoms with E-state index in [-0.39, 0.29) is 5.96 Å². The number of rotatable bonds is 3. The van der Waals surface area contributed by atoms with E-state index in [1.165, 1.54) is 0 Å². The smallest absolute Gasteiger partial charge is 0.280 e. The lowest BCUT2D eigenvalue weighted by Gasteiger charge is -2.10. The van der Waals surface area contributed by atoms with Gasteiger partial charge in [-0.1, -0.05) is 0 Å². The van der Waals surface area contributed by atoms with Gasteiger partial charge in [-0.2, -0.15) is 4.99 Å². The van der Waals surface area contributed by atoms with Gasteiger partial charge < -0.3 is 20.6 Å². The standard InChI is InChI=1S/C16H15N5O/c17-16(18)19-15(22)12-9-13(20-5-1-2-6-20)11-14(10-12)21-7-3-4-8-21/h1-11H,(H4,17,18,19,22). The van der Waals surface area contributed by atoms with Gasteiger partial charge in [0.25, 0.3) is 5.91 Å². The van der Waals surface area contributed by atoms with Crippen molar-refractivity contribution in [3.63, 3.8) is 0 Å². The zero-order valence-electron chi connectivity index (χ0n) is 11.8. The second kappa shape index (κ2) is 5.61. The monoisotopic (exact) mass is 293 g/mol. The lowest BCUT2D eigenvalue weighted by atomic mass is 10.1. The second-order valence-electron chi connectivity index (χ2n) is 4.76. The van der Waals surface area contributed by atoms with E-state index in [4.69, 9.17) is 11.5 Å². The Bertz CT molecular complexity index is 760. The largest absolute Gasteiger partial charge is 0.370 e. The number of guanidine groups is 1. The molecule has 0 aliphatic heterocycles. The maximum absolute atomic E-state index is 12.1. The van der Waals surface area contributed by atoms with Gasteiger partial charge in [0.15, 0.2) is 5.96 Å². The molecule has 0 bridgehead atoms. The predicted octanol–water partition coefficient (Wildman–Crippen LogP) is 1.68. The first-order valence-electron chi connectivity index (χ1n) is 6.69. The highest BCUT2D eigenvalue weighted by Gasteiger charge is 2.10. The zero-order valence-corrected chi connectivity index (χ0v) is 11.8. The molecule has 22 heavy (non-hydrogen) atoms. The number of hydrogen-bond donors (Lipinski definition) is 2. The summed E-state index contributed by atoms with van der Waals surface area (Å²) < 4.78 is 3.83. The number of aromatic nitrogens is 2. The van der Waals surface area contributed by atoms with E-state index in [1.807, 2.05) is 64.3 Å². The van der Waals surface area contributed by atoms with Crippen LogP contribution in [0, 0.1) is 0 Å². The Balaban J connectivity index is 2.14. The minimum absolute atomic E-state index is 0.251. The highest BCUT2D eigenvalue weighted by atomic mass is 16.1. The van der Waals surface area contributed by atoms with E-state index >= 15 is 0 Å². The summed E-state index contributed by atoms with van der Waals surface area (Å²) in [4.78, 5) is 15.7. The number of carbonyl (C=O) groups is 1. The predicted molar refractivity (Wildman–Crippen MR) is 85.2 cm³/mol. The summed E-state index contributed by atoms with van der Waals surface area (Å²) in [7, 11) is 0. The number of nitrogens with zero attached hydrogens (tertiary/aromatic N) is 3. The number of amides is 1. The number of nitrogens with two attached hydrogens (primary N) is 2. The van der Waals surface area contributed by atoms with Gasteiger partial charge in [-0.15, -0.1) is 0 Å². The fraction of sp³-hybridized carbons (Fsp3) is 0. The third kappa shape index (κ3) is 2.76. The first-order chi connectivity index (χ1) is 10.6. The first-order valence-corrected chi connectivity index (χ1v) is 6.69. The Labute approximate surface area is 127 Å². The van der Waals surface area contributed by atoms with Crippen LogP contribution in [0.3, 0.4) is 0 Å². The maximum Gasteiger partial charge on any atom is 0.280 e. The van der Waals surface area contributed by atoms with Crippen LogP contribution in [0.2, 0.25) is 0 Å². The third-order valence-corrected chi connectivity index (χ3v) is 3.19. The molecule has 1 aromatic carbocycles. The van der Waals surface area contributed by atoms with E-state index in [2.05, 4.69) is 4.99 Å². The van der Waals surface area contributed by atoms with E-state index in [0.717, 1.165) is 11.4 Å². The molecule has 0 saturated heterocycles. The summed E-state index contributed by atoms with van der Waals surface area (Å²) >= 11 is 0. The van der Waals surface area contributed by atoms with Crippen LogP contribution in [-0.2, 0) is 0 Å². The van der Waals surface area contributed by atoms with Crippen molar-refractivity contribution in [3.05, 3.63) is 72.8 Å². The number of hydrogen-bond acceptors (Lipinski definition) is 1. The van der Waals surface area contributed by atoms with Gasteiger partial charge in [0.05, 0.1) is 0 Å². The Morgan fingerprint density at radius 2 is 1.27 bits per heavy atom. The molecule has 110 valence electrons. The number of benzene rings is 1. The molecule has 6 heteroatoms. The van der Waals surface area contributed by atoms with Crippen molar-refractivity contribution in [2.45, 2.75) is 0 Å². The van der Waals surface area contributed by atoms with E-state index < -0.39 is 5.91 Å². The molecule has 0 atom stereocenters. The fourth-order valence-electron chi connectivity index (χ4n) is 2.21. The fourth-order valence-corrected chi connectivity index (χ4v) is 2.21. The minimum atomic E-state index is -0.470. The molecule has 0 aliphatic carbocycles. The molecule has 3 rings (SSSR count). The molecule has 2 heterocycles.